The summed E-state index contributed by atoms with van der Waals surface area (Å²) in [6.07, 6.45) is 1.80. The third kappa shape index (κ3) is 5.66. The number of nitriles is 1. The summed E-state index contributed by atoms with van der Waals surface area (Å²) in [6, 6.07) is 16.6. The van der Waals surface area contributed by atoms with Gasteiger partial charge in [-0.15, -0.1) is 0 Å². The molecule has 1 N–H and O–H groups in total. The predicted octanol–water partition coefficient (Wildman–Crippen LogP) is 6.41. The lowest BCUT2D eigenvalue weighted by Gasteiger charge is -2.29. The zero-order valence-electron chi connectivity index (χ0n) is 21.7. The molecule has 1 aromatic heterocycles. The van der Waals surface area contributed by atoms with Crippen LogP contribution in [0.5, 0.6) is 0 Å². The van der Waals surface area contributed by atoms with E-state index in [0.29, 0.717) is 17.2 Å². The summed E-state index contributed by atoms with van der Waals surface area (Å²) < 4.78 is 13.0. The van der Waals surface area contributed by atoms with Crippen LogP contribution in [0.2, 0.25) is 0 Å². The number of carbonyl (C=O) groups is 1. The molecule has 0 spiro atoms. The lowest BCUT2D eigenvalue weighted by atomic mass is 10.1. The van der Waals surface area contributed by atoms with E-state index in [1.54, 1.807) is 0 Å². The molecule has 0 atom stereocenters. The SMILES string of the molecule is CC.CC(C)OC(=O)Nc1ccc(-c2c(C#N)c3ccc(N4CCOCC4)cc3n2CC2CC2)cc1. The van der Waals surface area contributed by atoms with Gasteiger partial charge in [0.05, 0.1) is 36.1 Å². The summed E-state index contributed by atoms with van der Waals surface area (Å²) in [5.74, 6) is 0.652. The Kier molecular flexibility index (Phi) is 8.17. The number of amides is 1. The van der Waals surface area contributed by atoms with Gasteiger partial charge < -0.3 is 18.9 Å². The molecule has 0 unspecified atom stereocenters. The molecule has 7 heteroatoms. The zero-order valence-corrected chi connectivity index (χ0v) is 21.7. The average Bonchev–Trinajstić information content (AvgIpc) is 3.66. The van der Waals surface area contributed by atoms with Gasteiger partial charge in [-0.3, -0.25) is 5.32 Å². The average molecular weight is 489 g/mol. The molecule has 1 saturated carbocycles. The summed E-state index contributed by atoms with van der Waals surface area (Å²) in [5.41, 5.74) is 5.54. The highest BCUT2D eigenvalue weighted by Crippen LogP contribution is 2.40. The molecule has 2 aliphatic rings. The lowest BCUT2D eigenvalue weighted by molar-refractivity contribution is 0.122. The summed E-state index contributed by atoms with van der Waals surface area (Å²) in [7, 11) is 0. The van der Waals surface area contributed by atoms with Crippen molar-refractivity contribution in [3.8, 4) is 17.3 Å². The van der Waals surface area contributed by atoms with Crippen molar-refractivity contribution in [2.45, 2.75) is 53.2 Å². The minimum absolute atomic E-state index is 0.182. The minimum Gasteiger partial charge on any atom is -0.447 e. The Labute approximate surface area is 213 Å². The van der Waals surface area contributed by atoms with Crippen molar-refractivity contribution in [1.29, 1.82) is 5.26 Å². The van der Waals surface area contributed by atoms with Crippen LogP contribution in [0.3, 0.4) is 0 Å². The number of ether oxygens (including phenoxy) is 2. The smallest absolute Gasteiger partial charge is 0.411 e. The third-order valence-corrected chi connectivity index (χ3v) is 6.42. The van der Waals surface area contributed by atoms with Crippen LogP contribution in [0.1, 0.15) is 46.1 Å². The minimum atomic E-state index is -0.473. The number of carbonyl (C=O) groups excluding carboxylic acids is 1. The van der Waals surface area contributed by atoms with E-state index in [1.807, 2.05) is 52.0 Å². The highest BCUT2D eigenvalue weighted by atomic mass is 16.6. The van der Waals surface area contributed by atoms with Crippen LogP contribution in [-0.2, 0) is 16.0 Å². The third-order valence-electron chi connectivity index (χ3n) is 6.42. The van der Waals surface area contributed by atoms with E-state index in [2.05, 4.69) is 39.1 Å². The molecule has 0 radical (unpaired) electrons. The van der Waals surface area contributed by atoms with Gasteiger partial charge in [0.15, 0.2) is 0 Å². The van der Waals surface area contributed by atoms with Gasteiger partial charge in [0, 0.05) is 36.4 Å². The molecule has 2 aromatic carbocycles. The van der Waals surface area contributed by atoms with Gasteiger partial charge in [-0.05, 0) is 68.5 Å². The highest BCUT2D eigenvalue weighted by Gasteiger charge is 2.27. The van der Waals surface area contributed by atoms with E-state index >= 15 is 0 Å². The van der Waals surface area contributed by atoms with Gasteiger partial charge in [0.1, 0.15) is 6.07 Å². The number of nitrogens with one attached hydrogen (secondary N) is 1. The second-order valence-corrected chi connectivity index (χ2v) is 9.35. The first kappa shape index (κ1) is 25.6. The molecule has 0 bridgehead atoms. The van der Waals surface area contributed by atoms with E-state index in [9.17, 15) is 10.1 Å². The maximum atomic E-state index is 11.9. The molecule has 2 fully saturated rings. The fraction of sp³-hybridized carbons (Fsp3) is 0.448. The molecule has 1 aliphatic carbocycles. The first-order valence-corrected chi connectivity index (χ1v) is 13.0. The van der Waals surface area contributed by atoms with E-state index in [1.165, 1.54) is 18.5 Å². The normalized spacial score (nSPS) is 15.3. The van der Waals surface area contributed by atoms with Gasteiger partial charge in [-0.1, -0.05) is 26.0 Å². The summed E-state index contributed by atoms with van der Waals surface area (Å²) in [5, 5.41) is 13.9. The van der Waals surface area contributed by atoms with Crippen LogP contribution < -0.4 is 10.2 Å². The summed E-state index contributed by atoms with van der Waals surface area (Å²) in [4.78, 5) is 14.3. The van der Waals surface area contributed by atoms with Crippen LogP contribution >= 0.6 is 0 Å². The van der Waals surface area contributed by atoms with E-state index in [4.69, 9.17) is 9.47 Å². The molecule has 190 valence electrons. The largest absolute Gasteiger partial charge is 0.447 e. The van der Waals surface area contributed by atoms with Gasteiger partial charge in [0.2, 0.25) is 0 Å². The van der Waals surface area contributed by atoms with Crippen LogP contribution in [0, 0.1) is 17.2 Å². The van der Waals surface area contributed by atoms with Crippen LogP contribution in [0.4, 0.5) is 16.2 Å². The fourth-order valence-corrected chi connectivity index (χ4v) is 4.59. The first-order chi connectivity index (χ1) is 17.5. The molecular formula is C29H36N4O3. The van der Waals surface area contributed by atoms with Crippen molar-refractivity contribution in [1.82, 2.24) is 4.57 Å². The Bertz CT molecular complexity index is 1230. The Morgan fingerprint density at radius 1 is 1.14 bits per heavy atom. The van der Waals surface area contributed by atoms with Gasteiger partial charge in [-0.2, -0.15) is 5.26 Å². The van der Waals surface area contributed by atoms with Crippen molar-refractivity contribution in [3.05, 3.63) is 48.0 Å². The number of hydrogen-bond donors (Lipinski definition) is 1. The fourth-order valence-electron chi connectivity index (χ4n) is 4.59. The first-order valence-electron chi connectivity index (χ1n) is 13.0. The summed E-state index contributed by atoms with van der Waals surface area (Å²) >= 11 is 0. The molecule has 7 nitrogen and oxygen atoms in total. The van der Waals surface area contributed by atoms with Crippen molar-refractivity contribution in [3.63, 3.8) is 0 Å². The molecule has 1 saturated heterocycles. The topological polar surface area (TPSA) is 79.5 Å². The Morgan fingerprint density at radius 2 is 1.83 bits per heavy atom. The molecular weight excluding hydrogens is 452 g/mol. The van der Waals surface area contributed by atoms with Crippen LogP contribution in [0.25, 0.3) is 22.2 Å². The number of hydrogen-bond acceptors (Lipinski definition) is 5. The maximum Gasteiger partial charge on any atom is 0.411 e. The Morgan fingerprint density at radius 3 is 2.44 bits per heavy atom. The standard InChI is InChI=1S/C27H30N4O3.C2H6/c1-18(2)34-27(32)29-21-7-5-20(6-8-21)26-24(16-28)23-10-9-22(30-11-13-33-14-12-30)15-25(23)31(26)17-19-3-4-19;1-2/h5-10,15,18-19H,3-4,11-14,17H2,1-2H3,(H,29,32);1-2H3. The Balaban J connectivity index is 0.00000148. The predicted molar refractivity (Wildman–Crippen MR) is 144 cm³/mol. The molecule has 5 rings (SSSR count). The maximum absolute atomic E-state index is 11.9. The van der Waals surface area contributed by atoms with Gasteiger partial charge in [-0.25, -0.2) is 4.79 Å². The van der Waals surface area contributed by atoms with Crippen molar-refractivity contribution in [2.24, 2.45) is 5.92 Å². The van der Waals surface area contributed by atoms with Gasteiger partial charge in [0.25, 0.3) is 0 Å². The number of nitrogens with zero attached hydrogens (tertiary/aromatic N) is 3. The number of fused-ring (bicyclic) bond motifs is 1. The number of rotatable bonds is 6. The monoisotopic (exact) mass is 488 g/mol. The number of morpholine rings is 1. The second-order valence-electron chi connectivity index (χ2n) is 9.35. The Hall–Kier alpha value is -3.50. The molecule has 36 heavy (non-hydrogen) atoms. The number of aromatic nitrogens is 1. The van der Waals surface area contributed by atoms with Crippen LogP contribution in [-0.4, -0.2) is 43.1 Å². The van der Waals surface area contributed by atoms with E-state index < -0.39 is 6.09 Å². The zero-order chi connectivity index (χ0) is 25.7. The highest BCUT2D eigenvalue weighted by molar-refractivity contribution is 5.96. The second kappa shape index (κ2) is 11.5. The van der Waals surface area contributed by atoms with Crippen molar-refractivity contribution in [2.75, 3.05) is 36.5 Å². The van der Waals surface area contributed by atoms with Gasteiger partial charge >= 0.3 is 6.09 Å². The number of anilines is 2. The van der Waals surface area contributed by atoms with Crippen LogP contribution in [0.15, 0.2) is 42.5 Å². The molecule has 2 heterocycles. The number of benzene rings is 2. The quantitative estimate of drug-likeness (QED) is 0.434. The van der Waals surface area contributed by atoms with E-state index in [-0.39, 0.29) is 6.10 Å². The van der Waals surface area contributed by atoms with Crippen molar-refractivity contribution >= 4 is 28.4 Å². The van der Waals surface area contributed by atoms with Crippen molar-refractivity contribution < 1.29 is 14.3 Å². The molecule has 1 amide bonds. The molecule has 3 aromatic rings. The lowest BCUT2D eigenvalue weighted by Crippen LogP contribution is -2.36. The van der Waals surface area contributed by atoms with E-state index in [0.717, 1.165) is 55.0 Å². The summed E-state index contributed by atoms with van der Waals surface area (Å²) in [6.45, 7) is 11.8. The molecule has 1 aliphatic heterocycles.